The number of aromatic nitrogens is 2. The maximum Gasteiger partial charge on any atom is 0.417 e. The SMILES string of the molecule is CNc1ncc(C)c(Nc2ccc(Cl)c(C(F)(F)F)c2)n1. The van der Waals surface area contributed by atoms with E-state index in [1.165, 1.54) is 12.1 Å². The second kappa shape index (κ2) is 5.77. The quantitative estimate of drug-likeness (QED) is 0.889. The molecule has 0 spiro atoms. The van der Waals surface area contributed by atoms with Crippen LogP contribution in [0, 0.1) is 6.92 Å². The van der Waals surface area contributed by atoms with E-state index in [0.29, 0.717) is 17.3 Å². The Labute approximate surface area is 124 Å². The van der Waals surface area contributed by atoms with Crippen molar-refractivity contribution in [1.29, 1.82) is 0 Å². The van der Waals surface area contributed by atoms with Crippen molar-refractivity contribution in [3.05, 3.63) is 40.5 Å². The van der Waals surface area contributed by atoms with Crippen LogP contribution >= 0.6 is 11.6 Å². The van der Waals surface area contributed by atoms with Crippen molar-refractivity contribution in [1.82, 2.24) is 9.97 Å². The number of aryl methyl sites for hydroxylation is 1. The van der Waals surface area contributed by atoms with Crippen molar-refractivity contribution >= 4 is 29.1 Å². The Balaban J connectivity index is 2.36. The zero-order chi connectivity index (χ0) is 15.6. The summed E-state index contributed by atoms with van der Waals surface area (Å²) in [4.78, 5) is 8.16. The van der Waals surface area contributed by atoms with Crippen molar-refractivity contribution in [2.45, 2.75) is 13.1 Å². The fourth-order valence-corrected chi connectivity index (χ4v) is 1.87. The van der Waals surface area contributed by atoms with Gasteiger partial charge in [-0.15, -0.1) is 0 Å². The minimum atomic E-state index is -4.51. The molecule has 2 aromatic rings. The third kappa shape index (κ3) is 3.55. The first-order chi connectivity index (χ1) is 9.81. The fourth-order valence-electron chi connectivity index (χ4n) is 1.65. The van der Waals surface area contributed by atoms with Gasteiger partial charge in [-0.1, -0.05) is 11.6 Å². The Morgan fingerprint density at radius 1 is 1.24 bits per heavy atom. The van der Waals surface area contributed by atoms with Crippen LogP contribution in [0.15, 0.2) is 24.4 Å². The third-order valence-corrected chi connectivity index (χ3v) is 3.06. The second-order valence-electron chi connectivity index (χ2n) is 4.29. The van der Waals surface area contributed by atoms with Gasteiger partial charge in [0.2, 0.25) is 5.95 Å². The van der Waals surface area contributed by atoms with Gasteiger partial charge in [0.05, 0.1) is 10.6 Å². The van der Waals surface area contributed by atoms with Crippen LogP contribution in [0.3, 0.4) is 0 Å². The lowest BCUT2D eigenvalue weighted by Crippen LogP contribution is -2.07. The Morgan fingerprint density at radius 3 is 2.57 bits per heavy atom. The molecule has 0 aliphatic heterocycles. The predicted molar refractivity (Wildman–Crippen MR) is 76.1 cm³/mol. The van der Waals surface area contributed by atoms with Gasteiger partial charge in [0.1, 0.15) is 5.82 Å². The van der Waals surface area contributed by atoms with Gasteiger partial charge in [-0.2, -0.15) is 18.2 Å². The van der Waals surface area contributed by atoms with Crippen LogP contribution in [0.4, 0.5) is 30.6 Å². The average molecular weight is 317 g/mol. The number of hydrogen-bond acceptors (Lipinski definition) is 4. The van der Waals surface area contributed by atoms with E-state index in [9.17, 15) is 13.2 Å². The lowest BCUT2D eigenvalue weighted by atomic mass is 10.2. The monoisotopic (exact) mass is 316 g/mol. The molecule has 21 heavy (non-hydrogen) atoms. The molecule has 112 valence electrons. The van der Waals surface area contributed by atoms with Crippen molar-refractivity contribution in [2.75, 3.05) is 17.7 Å². The van der Waals surface area contributed by atoms with Crippen LogP contribution in [0.2, 0.25) is 5.02 Å². The van der Waals surface area contributed by atoms with E-state index in [1.54, 1.807) is 20.2 Å². The van der Waals surface area contributed by atoms with E-state index in [0.717, 1.165) is 6.07 Å². The highest BCUT2D eigenvalue weighted by Crippen LogP contribution is 2.36. The van der Waals surface area contributed by atoms with Crippen molar-refractivity contribution in [3.63, 3.8) is 0 Å². The number of anilines is 3. The number of alkyl halides is 3. The molecule has 0 bridgehead atoms. The van der Waals surface area contributed by atoms with Gasteiger partial charge in [0.25, 0.3) is 0 Å². The van der Waals surface area contributed by atoms with Crippen LogP contribution in [0.1, 0.15) is 11.1 Å². The molecule has 8 heteroatoms. The summed E-state index contributed by atoms with van der Waals surface area (Å²) in [5.74, 6) is 0.790. The number of nitrogens with zero attached hydrogens (tertiary/aromatic N) is 2. The Hall–Kier alpha value is -2.02. The summed E-state index contributed by atoms with van der Waals surface area (Å²) < 4.78 is 38.5. The third-order valence-electron chi connectivity index (χ3n) is 2.73. The van der Waals surface area contributed by atoms with Gasteiger partial charge in [0.15, 0.2) is 0 Å². The number of halogens is 4. The van der Waals surface area contributed by atoms with Crippen LogP contribution < -0.4 is 10.6 Å². The molecule has 0 amide bonds. The molecule has 4 nitrogen and oxygen atoms in total. The maximum atomic E-state index is 12.8. The van der Waals surface area contributed by atoms with Gasteiger partial charge >= 0.3 is 6.18 Å². The van der Waals surface area contributed by atoms with Gasteiger partial charge in [-0.25, -0.2) is 4.98 Å². The number of benzene rings is 1. The number of rotatable bonds is 3. The first-order valence-corrected chi connectivity index (χ1v) is 6.34. The van der Waals surface area contributed by atoms with Gasteiger partial charge in [-0.05, 0) is 25.1 Å². The average Bonchev–Trinajstić information content (AvgIpc) is 2.42. The van der Waals surface area contributed by atoms with E-state index in [-0.39, 0.29) is 10.7 Å². The van der Waals surface area contributed by atoms with Gasteiger partial charge in [0, 0.05) is 24.5 Å². The highest BCUT2D eigenvalue weighted by Gasteiger charge is 2.33. The highest BCUT2D eigenvalue weighted by atomic mass is 35.5. The van der Waals surface area contributed by atoms with Crippen LogP contribution in [0.5, 0.6) is 0 Å². The maximum absolute atomic E-state index is 12.8. The summed E-state index contributed by atoms with van der Waals surface area (Å²) in [5, 5.41) is 5.25. The molecule has 0 aliphatic rings. The van der Waals surface area contributed by atoms with Crippen molar-refractivity contribution in [3.8, 4) is 0 Å². The Bertz CT molecular complexity index is 658. The van der Waals surface area contributed by atoms with Gasteiger partial charge < -0.3 is 10.6 Å². The lowest BCUT2D eigenvalue weighted by Gasteiger charge is -2.13. The highest BCUT2D eigenvalue weighted by molar-refractivity contribution is 6.31. The smallest absolute Gasteiger partial charge is 0.357 e. The first kappa shape index (κ1) is 15.4. The molecular formula is C13H12ClF3N4. The normalized spacial score (nSPS) is 11.3. The molecule has 2 rings (SSSR count). The molecule has 0 aliphatic carbocycles. The molecule has 1 aromatic heterocycles. The topological polar surface area (TPSA) is 49.8 Å². The summed E-state index contributed by atoms with van der Waals surface area (Å²) in [5.41, 5.74) is 0.0582. The molecule has 0 saturated heterocycles. The standard InChI is InChI=1S/C13H12ClF3N4/c1-7-6-19-12(18-2)21-11(7)20-8-3-4-10(14)9(5-8)13(15,16)17/h3-6H,1-2H3,(H2,18,19,20,21). The molecule has 0 saturated carbocycles. The van der Waals surface area contributed by atoms with E-state index in [1.807, 2.05) is 0 Å². The zero-order valence-corrected chi connectivity index (χ0v) is 12.0. The summed E-state index contributed by atoms with van der Waals surface area (Å²) in [6.07, 6.45) is -2.94. The van der Waals surface area contributed by atoms with E-state index < -0.39 is 11.7 Å². The summed E-state index contributed by atoms with van der Waals surface area (Å²) in [6, 6.07) is 3.60. The minimum absolute atomic E-state index is 0.246. The zero-order valence-electron chi connectivity index (χ0n) is 11.2. The summed E-state index contributed by atoms with van der Waals surface area (Å²) in [6.45, 7) is 1.75. The lowest BCUT2D eigenvalue weighted by molar-refractivity contribution is -0.137. The van der Waals surface area contributed by atoms with E-state index >= 15 is 0 Å². The first-order valence-electron chi connectivity index (χ1n) is 5.96. The molecule has 1 heterocycles. The molecule has 2 N–H and O–H groups in total. The summed E-state index contributed by atoms with van der Waals surface area (Å²) >= 11 is 5.58. The number of hydrogen-bond donors (Lipinski definition) is 2. The molecule has 0 unspecified atom stereocenters. The van der Waals surface area contributed by atoms with Gasteiger partial charge in [-0.3, -0.25) is 0 Å². The van der Waals surface area contributed by atoms with E-state index in [2.05, 4.69) is 20.6 Å². The summed E-state index contributed by atoms with van der Waals surface area (Å²) in [7, 11) is 1.65. The molecule has 1 aromatic carbocycles. The minimum Gasteiger partial charge on any atom is -0.357 e. The number of nitrogens with one attached hydrogen (secondary N) is 2. The fraction of sp³-hybridized carbons (Fsp3) is 0.231. The molecule has 0 fully saturated rings. The predicted octanol–water partition coefficient (Wildman–Crippen LogP) is 4.24. The molecule has 0 atom stereocenters. The van der Waals surface area contributed by atoms with Crippen LogP contribution in [-0.2, 0) is 6.18 Å². The molecular weight excluding hydrogens is 305 g/mol. The van der Waals surface area contributed by atoms with Crippen LogP contribution in [0.25, 0.3) is 0 Å². The Kier molecular flexibility index (Phi) is 4.22. The van der Waals surface area contributed by atoms with Crippen LogP contribution in [-0.4, -0.2) is 17.0 Å². The van der Waals surface area contributed by atoms with E-state index in [4.69, 9.17) is 11.6 Å². The van der Waals surface area contributed by atoms with Crippen molar-refractivity contribution < 1.29 is 13.2 Å². The molecule has 0 radical (unpaired) electrons. The van der Waals surface area contributed by atoms with Crippen molar-refractivity contribution in [2.24, 2.45) is 0 Å². The second-order valence-corrected chi connectivity index (χ2v) is 4.70. The largest absolute Gasteiger partial charge is 0.417 e. The Morgan fingerprint density at radius 2 is 1.95 bits per heavy atom.